The number of carbonyl (C=O) groups excluding carboxylic acids is 1. The SMILES string of the molecule is NS(=O)(=O)c1ccc(CNC(=O)c2cccn3ccnc23)cc1. The fraction of sp³-hybridized carbons (Fsp3) is 0.0667. The number of pyridine rings is 1. The first-order valence-corrected chi connectivity index (χ1v) is 8.31. The monoisotopic (exact) mass is 330 g/mol. The number of aromatic nitrogens is 2. The van der Waals surface area contributed by atoms with Crippen LogP contribution in [0.5, 0.6) is 0 Å². The number of amides is 1. The Kier molecular flexibility index (Phi) is 3.85. The van der Waals surface area contributed by atoms with Gasteiger partial charge in [-0.1, -0.05) is 12.1 Å². The van der Waals surface area contributed by atoms with E-state index in [1.807, 2.05) is 6.20 Å². The number of sulfonamides is 1. The highest BCUT2D eigenvalue weighted by molar-refractivity contribution is 7.89. The van der Waals surface area contributed by atoms with Crippen LogP contribution >= 0.6 is 0 Å². The first-order valence-electron chi connectivity index (χ1n) is 6.77. The Bertz CT molecular complexity index is 962. The van der Waals surface area contributed by atoms with Crippen molar-refractivity contribution >= 4 is 21.6 Å². The van der Waals surface area contributed by atoms with Crippen LogP contribution in [0.3, 0.4) is 0 Å². The first-order chi connectivity index (χ1) is 10.9. The summed E-state index contributed by atoms with van der Waals surface area (Å²) in [6, 6.07) is 9.50. The zero-order valence-corrected chi connectivity index (χ0v) is 12.8. The molecule has 0 unspecified atom stereocenters. The number of nitrogens with two attached hydrogens (primary N) is 1. The van der Waals surface area contributed by atoms with Crippen molar-refractivity contribution in [3.8, 4) is 0 Å². The van der Waals surface area contributed by atoms with Gasteiger partial charge in [0, 0.05) is 25.1 Å². The summed E-state index contributed by atoms with van der Waals surface area (Å²) in [5.41, 5.74) is 1.81. The summed E-state index contributed by atoms with van der Waals surface area (Å²) in [6.07, 6.45) is 5.20. The van der Waals surface area contributed by atoms with Crippen LogP contribution in [0.4, 0.5) is 0 Å². The van der Waals surface area contributed by atoms with Gasteiger partial charge in [0.05, 0.1) is 10.5 Å². The summed E-state index contributed by atoms with van der Waals surface area (Å²) in [5.74, 6) is -0.252. The van der Waals surface area contributed by atoms with E-state index in [1.54, 1.807) is 41.1 Å². The summed E-state index contributed by atoms with van der Waals surface area (Å²) in [4.78, 5) is 16.5. The fourth-order valence-corrected chi connectivity index (χ4v) is 2.72. The highest BCUT2D eigenvalue weighted by Crippen LogP contribution is 2.11. The van der Waals surface area contributed by atoms with Crippen molar-refractivity contribution in [1.82, 2.24) is 14.7 Å². The molecule has 2 aromatic heterocycles. The smallest absolute Gasteiger partial charge is 0.255 e. The fourth-order valence-electron chi connectivity index (χ4n) is 2.20. The molecule has 118 valence electrons. The van der Waals surface area contributed by atoms with Crippen molar-refractivity contribution in [3.05, 3.63) is 66.1 Å². The molecule has 0 spiro atoms. The third kappa shape index (κ3) is 3.22. The number of carbonyl (C=O) groups is 1. The molecule has 0 aliphatic carbocycles. The van der Waals surface area contributed by atoms with Gasteiger partial charge < -0.3 is 9.72 Å². The van der Waals surface area contributed by atoms with Crippen molar-refractivity contribution in [2.45, 2.75) is 11.4 Å². The van der Waals surface area contributed by atoms with Gasteiger partial charge in [-0.3, -0.25) is 4.79 Å². The minimum Gasteiger partial charge on any atom is -0.348 e. The lowest BCUT2D eigenvalue weighted by molar-refractivity contribution is 0.0952. The Morgan fingerprint density at radius 3 is 2.61 bits per heavy atom. The molecule has 3 rings (SSSR count). The quantitative estimate of drug-likeness (QED) is 0.741. The Morgan fingerprint density at radius 2 is 1.91 bits per heavy atom. The van der Waals surface area contributed by atoms with Gasteiger partial charge in [0.15, 0.2) is 0 Å². The second-order valence-corrected chi connectivity index (χ2v) is 6.51. The summed E-state index contributed by atoms with van der Waals surface area (Å²) < 4.78 is 24.1. The van der Waals surface area contributed by atoms with Gasteiger partial charge in [0.25, 0.3) is 5.91 Å². The van der Waals surface area contributed by atoms with E-state index in [1.165, 1.54) is 12.1 Å². The van der Waals surface area contributed by atoms with Gasteiger partial charge in [-0.05, 0) is 29.8 Å². The third-order valence-corrected chi connectivity index (χ3v) is 4.30. The van der Waals surface area contributed by atoms with Crippen LogP contribution in [0.15, 0.2) is 59.9 Å². The molecule has 8 heteroatoms. The van der Waals surface area contributed by atoms with Gasteiger partial charge in [-0.25, -0.2) is 18.5 Å². The summed E-state index contributed by atoms with van der Waals surface area (Å²) in [5, 5.41) is 7.82. The molecule has 1 aromatic carbocycles. The molecule has 0 atom stereocenters. The van der Waals surface area contributed by atoms with E-state index < -0.39 is 10.0 Å². The van der Waals surface area contributed by atoms with Crippen LogP contribution in [-0.2, 0) is 16.6 Å². The van der Waals surface area contributed by atoms with Crippen molar-refractivity contribution in [3.63, 3.8) is 0 Å². The van der Waals surface area contributed by atoms with Crippen LogP contribution in [0.1, 0.15) is 15.9 Å². The largest absolute Gasteiger partial charge is 0.348 e. The molecule has 0 saturated heterocycles. The Morgan fingerprint density at radius 1 is 1.17 bits per heavy atom. The van der Waals surface area contributed by atoms with E-state index in [-0.39, 0.29) is 17.3 Å². The number of hydrogen-bond acceptors (Lipinski definition) is 4. The maximum Gasteiger partial charge on any atom is 0.255 e. The summed E-state index contributed by atoms with van der Waals surface area (Å²) in [6.45, 7) is 0.269. The van der Waals surface area contributed by atoms with E-state index in [4.69, 9.17) is 5.14 Å². The lowest BCUT2D eigenvalue weighted by Gasteiger charge is -2.07. The van der Waals surface area contributed by atoms with E-state index in [9.17, 15) is 13.2 Å². The number of hydrogen-bond donors (Lipinski definition) is 2. The van der Waals surface area contributed by atoms with E-state index in [0.29, 0.717) is 11.2 Å². The summed E-state index contributed by atoms with van der Waals surface area (Å²) in [7, 11) is -3.71. The van der Waals surface area contributed by atoms with Crippen LogP contribution in [0, 0.1) is 0 Å². The topological polar surface area (TPSA) is 107 Å². The minimum atomic E-state index is -3.71. The van der Waals surface area contributed by atoms with E-state index in [2.05, 4.69) is 10.3 Å². The molecule has 0 aliphatic heterocycles. The van der Waals surface area contributed by atoms with Crippen LogP contribution < -0.4 is 10.5 Å². The Hall–Kier alpha value is -2.71. The van der Waals surface area contributed by atoms with Gasteiger partial charge in [0.1, 0.15) is 5.65 Å². The highest BCUT2D eigenvalue weighted by atomic mass is 32.2. The number of benzene rings is 1. The number of primary sulfonamides is 1. The van der Waals surface area contributed by atoms with Crippen molar-refractivity contribution in [1.29, 1.82) is 0 Å². The van der Waals surface area contributed by atoms with Crippen molar-refractivity contribution < 1.29 is 13.2 Å². The number of nitrogens with one attached hydrogen (secondary N) is 1. The number of fused-ring (bicyclic) bond motifs is 1. The second-order valence-electron chi connectivity index (χ2n) is 4.95. The predicted octanol–water partition coefficient (Wildman–Crippen LogP) is 0.912. The molecule has 0 fully saturated rings. The molecular weight excluding hydrogens is 316 g/mol. The molecule has 0 bridgehead atoms. The van der Waals surface area contributed by atoms with Gasteiger partial charge in [0.2, 0.25) is 10.0 Å². The van der Waals surface area contributed by atoms with Crippen LogP contribution in [0.2, 0.25) is 0 Å². The highest BCUT2D eigenvalue weighted by Gasteiger charge is 2.11. The second kappa shape index (κ2) is 5.82. The molecule has 3 aromatic rings. The predicted molar refractivity (Wildman–Crippen MR) is 84.2 cm³/mol. The Labute approximate surface area is 132 Å². The van der Waals surface area contributed by atoms with Crippen molar-refractivity contribution in [2.24, 2.45) is 5.14 Å². The van der Waals surface area contributed by atoms with E-state index >= 15 is 0 Å². The van der Waals surface area contributed by atoms with Gasteiger partial charge >= 0.3 is 0 Å². The minimum absolute atomic E-state index is 0.0368. The molecule has 0 saturated carbocycles. The standard InChI is InChI=1S/C15H14N4O3S/c16-23(21,22)12-5-3-11(4-6-12)10-18-15(20)13-2-1-8-19-9-7-17-14(13)19/h1-9H,10H2,(H,18,20)(H2,16,21,22). The molecule has 1 amide bonds. The maximum absolute atomic E-state index is 12.3. The molecule has 3 N–H and O–H groups in total. The van der Waals surface area contributed by atoms with Crippen LogP contribution in [-0.4, -0.2) is 23.7 Å². The van der Waals surface area contributed by atoms with Gasteiger partial charge in [-0.2, -0.15) is 0 Å². The molecular formula is C15H14N4O3S. The molecule has 0 radical (unpaired) electrons. The Balaban J connectivity index is 1.73. The maximum atomic E-state index is 12.3. The molecule has 7 nitrogen and oxygen atoms in total. The summed E-state index contributed by atoms with van der Waals surface area (Å²) >= 11 is 0. The number of nitrogens with zero attached hydrogens (tertiary/aromatic N) is 2. The van der Waals surface area contributed by atoms with Crippen molar-refractivity contribution in [2.75, 3.05) is 0 Å². The van der Waals surface area contributed by atoms with Crippen LogP contribution in [0.25, 0.3) is 5.65 Å². The molecule has 0 aliphatic rings. The third-order valence-electron chi connectivity index (χ3n) is 3.37. The van der Waals surface area contributed by atoms with Gasteiger partial charge in [-0.15, -0.1) is 0 Å². The molecule has 2 heterocycles. The zero-order chi connectivity index (χ0) is 16.4. The lowest BCUT2D eigenvalue weighted by atomic mass is 10.2. The zero-order valence-electron chi connectivity index (χ0n) is 12.0. The number of imidazole rings is 1. The van der Waals surface area contributed by atoms with E-state index in [0.717, 1.165) is 5.56 Å². The number of rotatable bonds is 4. The average Bonchev–Trinajstić information content (AvgIpc) is 3.00. The molecule has 23 heavy (non-hydrogen) atoms. The average molecular weight is 330 g/mol. The lowest BCUT2D eigenvalue weighted by Crippen LogP contribution is -2.23. The first kappa shape index (κ1) is 15.2. The normalized spacial score (nSPS) is 11.5.